The van der Waals surface area contributed by atoms with E-state index in [9.17, 15) is 0 Å². The smallest absolute Gasteiger partial charge is 0.191 e. The molecule has 0 radical (unpaired) electrons. The second-order valence-corrected chi connectivity index (χ2v) is 6.55. The van der Waals surface area contributed by atoms with Gasteiger partial charge >= 0.3 is 0 Å². The Morgan fingerprint density at radius 1 is 1.29 bits per heavy atom. The Hall–Kier alpha value is -1.11. The van der Waals surface area contributed by atoms with Gasteiger partial charge in [0.1, 0.15) is 0 Å². The van der Waals surface area contributed by atoms with E-state index in [1.165, 1.54) is 30.8 Å². The summed E-state index contributed by atoms with van der Waals surface area (Å²) in [6.45, 7) is 6.30. The molecule has 0 aromatic carbocycles. The number of aliphatic imine (C=N–C) groups is 1. The van der Waals surface area contributed by atoms with Crippen LogP contribution in [-0.4, -0.2) is 61.7 Å². The van der Waals surface area contributed by atoms with E-state index < -0.39 is 0 Å². The van der Waals surface area contributed by atoms with Crippen molar-refractivity contribution in [2.75, 3.05) is 45.9 Å². The fraction of sp³-hybridized carbons (Fsp3) is 0.667. The summed E-state index contributed by atoms with van der Waals surface area (Å²) in [6, 6.07) is 4.72. The predicted octanol–water partition coefficient (Wildman–Crippen LogP) is 1.53. The number of ether oxygens (including phenoxy) is 1. The Labute approximate surface area is 130 Å². The van der Waals surface area contributed by atoms with Crippen molar-refractivity contribution in [3.8, 4) is 0 Å². The monoisotopic (exact) mass is 308 g/mol. The normalized spacial score (nSPS) is 22.7. The number of thiophene rings is 1. The molecule has 3 rings (SSSR count). The van der Waals surface area contributed by atoms with Gasteiger partial charge in [-0.1, -0.05) is 6.07 Å². The quantitative estimate of drug-likeness (QED) is 0.677. The predicted molar refractivity (Wildman–Crippen MR) is 86.7 cm³/mol. The van der Waals surface area contributed by atoms with E-state index in [1.807, 2.05) is 11.3 Å². The molecule has 3 heterocycles. The standard InChI is InChI=1S/C15H24N4OS/c16-15(19-7-9-20-10-8-19)17-12-13(14-4-3-11-21-14)18-5-1-2-6-18/h3-4,11,13H,1-2,5-10,12H2,(H2,16,17). The van der Waals surface area contributed by atoms with E-state index in [0.29, 0.717) is 12.0 Å². The lowest BCUT2D eigenvalue weighted by atomic mass is 10.2. The number of guanidine groups is 1. The SMILES string of the molecule is NC(=NCC(c1cccs1)N1CCCC1)N1CCOCC1. The zero-order valence-corrected chi connectivity index (χ0v) is 13.2. The summed E-state index contributed by atoms with van der Waals surface area (Å²) >= 11 is 1.82. The molecule has 0 amide bonds. The van der Waals surface area contributed by atoms with Crippen LogP contribution in [0.1, 0.15) is 23.8 Å². The average Bonchev–Trinajstić information content (AvgIpc) is 3.22. The van der Waals surface area contributed by atoms with Gasteiger partial charge in [-0.15, -0.1) is 11.3 Å². The van der Waals surface area contributed by atoms with E-state index >= 15 is 0 Å². The van der Waals surface area contributed by atoms with Crippen LogP contribution in [0.2, 0.25) is 0 Å². The van der Waals surface area contributed by atoms with Gasteiger partial charge in [-0.25, -0.2) is 0 Å². The van der Waals surface area contributed by atoms with Crippen molar-refractivity contribution in [1.29, 1.82) is 0 Å². The van der Waals surface area contributed by atoms with Gasteiger partial charge in [0.15, 0.2) is 5.96 Å². The van der Waals surface area contributed by atoms with Crippen LogP contribution in [0.15, 0.2) is 22.5 Å². The molecule has 21 heavy (non-hydrogen) atoms. The fourth-order valence-electron chi connectivity index (χ4n) is 2.99. The van der Waals surface area contributed by atoms with Crippen molar-refractivity contribution in [3.63, 3.8) is 0 Å². The van der Waals surface area contributed by atoms with E-state index in [0.717, 1.165) is 32.8 Å². The highest BCUT2D eigenvalue weighted by molar-refractivity contribution is 7.10. The minimum atomic E-state index is 0.382. The number of nitrogens with two attached hydrogens (primary N) is 1. The highest BCUT2D eigenvalue weighted by atomic mass is 32.1. The van der Waals surface area contributed by atoms with Crippen LogP contribution in [0.5, 0.6) is 0 Å². The van der Waals surface area contributed by atoms with Crippen molar-refractivity contribution in [2.24, 2.45) is 10.7 Å². The first-order chi connectivity index (χ1) is 10.3. The Morgan fingerprint density at radius 2 is 2.05 bits per heavy atom. The van der Waals surface area contributed by atoms with Gasteiger partial charge in [-0.2, -0.15) is 0 Å². The third kappa shape index (κ3) is 3.75. The minimum Gasteiger partial charge on any atom is -0.378 e. The summed E-state index contributed by atoms with van der Waals surface area (Å²) in [5, 5.41) is 2.15. The number of rotatable bonds is 4. The Bertz CT molecular complexity index is 450. The molecular formula is C15H24N4OS. The van der Waals surface area contributed by atoms with Gasteiger partial charge in [0.25, 0.3) is 0 Å². The molecule has 0 bridgehead atoms. The lowest BCUT2D eigenvalue weighted by Gasteiger charge is -2.29. The van der Waals surface area contributed by atoms with Gasteiger partial charge in [0.2, 0.25) is 0 Å². The molecule has 0 spiro atoms. The lowest BCUT2D eigenvalue weighted by Crippen LogP contribution is -2.45. The van der Waals surface area contributed by atoms with Crippen LogP contribution in [0.25, 0.3) is 0 Å². The first-order valence-corrected chi connectivity index (χ1v) is 8.62. The molecule has 2 saturated heterocycles. The molecule has 1 aromatic rings. The second-order valence-electron chi connectivity index (χ2n) is 5.57. The lowest BCUT2D eigenvalue weighted by molar-refractivity contribution is 0.0673. The van der Waals surface area contributed by atoms with E-state index in [4.69, 9.17) is 10.5 Å². The van der Waals surface area contributed by atoms with Gasteiger partial charge in [0.05, 0.1) is 25.8 Å². The Balaban J connectivity index is 1.66. The van der Waals surface area contributed by atoms with E-state index in [1.54, 1.807) is 0 Å². The zero-order valence-electron chi connectivity index (χ0n) is 12.4. The molecule has 1 atom stereocenters. The topological polar surface area (TPSA) is 54.1 Å². The maximum atomic E-state index is 6.15. The summed E-state index contributed by atoms with van der Waals surface area (Å²) in [7, 11) is 0. The van der Waals surface area contributed by atoms with E-state index in [-0.39, 0.29) is 0 Å². The van der Waals surface area contributed by atoms with Crippen molar-refractivity contribution < 1.29 is 4.74 Å². The van der Waals surface area contributed by atoms with Gasteiger partial charge in [0, 0.05) is 18.0 Å². The molecule has 0 aliphatic carbocycles. The van der Waals surface area contributed by atoms with Crippen molar-refractivity contribution in [1.82, 2.24) is 9.80 Å². The van der Waals surface area contributed by atoms with Crippen LogP contribution >= 0.6 is 11.3 Å². The molecule has 116 valence electrons. The fourth-order valence-corrected chi connectivity index (χ4v) is 3.84. The molecular weight excluding hydrogens is 284 g/mol. The maximum Gasteiger partial charge on any atom is 0.191 e. The summed E-state index contributed by atoms with van der Waals surface area (Å²) in [5.41, 5.74) is 6.15. The molecule has 0 saturated carbocycles. The van der Waals surface area contributed by atoms with Crippen molar-refractivity contribution in [2.45, 2.75) is 18.9 Å². The van der Waals surface area contributed by atoms with Crippen LogP contribution in [0.4, 0.5) is 0 Å². The number of hydrogen-bond acceptors (Lipinski definition) is 4. The summed E-state index contributed by atoms with van der Waals surface area (Å²) in [5.74, 6) is 0.666. The zero-order chi connectivity index (χ0) is 14.5. The third-order valence-electron chi connectivity index (χ3n) is 4.21. The molecule has 1 unspecified atom stereocenters. The molecule has 2 fully saturated rings. The van der Waals surface area contributed by atoms with Crippen molar-refractivity contribution in [3.05, 3.63) is 22.4 Å². The van der Waals surface area contributed by atoms with E-state index in [2.05, 4.69) is 32.3 Å². The van der Waals surface area contributed by atoms with Crippen LogP contribution in [0.3, 0.4) is 0 Å². The molecule has 2 aliphatic heterocycles. The minimum absolute atomic E-state index is 0.382. The largest absolute Gasteiger partial charge is 0.378 e. The Morgan fingerprint density at radius 3 is 2.71 bits per heavy atom. The Kier molecular flexibility index (Phi) is 5.11. The number of morpholine rings is 1. The number of likely N-dealkylation sites (tertiary alicyclic amines) is 1. The van der Waals surface area contributed by atoms with Crippen LogP contribution < -0.4 is 5.73 Å². The highest BCUT2D eigenvalue weighted by Crippen LogP contribution is 2.28. The number of nitrogens with zero attached hydrogens (tertiary/aromatic N) is 3. The van der Waals surface area contributed by atoms with Gasteiger partial charge in [-0.3, -0.25) is 9.89 Å². The second kappa shape index (κ2) is 7.24. The summed E-state index contributed by atoms with van der Waals surface area (Å²) in [4.78, 5) is 10.7. The third-order valence-corrected chi connectivity index (χ3v) is 5.19. The van der Waals surface area contributed by atoms with Gasteiger partial charge < -0.3 is 15.4 Å². The van der Waals surface area contributed by atoms with Gasteiger partial charge in [-0.05, 0) is 37.4 Å². The highest BCUT2D eigenvalue weighted by Gasteiger charge is 2.24. The first-order valence-electron chi connectivity index (χ1n) is 7.74. The van der Waals surface area contributed by atoms with Crippen LogP contribution in [-0.2, 0) is 4.74 Å². The molecule has 5 nitrogen and oxygen atoms in total. The maximum absolute atomic E-state index is 6.15. The molecule has 1 aromatic heterocycles. The van der Waals surface area contributed by atoms with Crippen molar-refractivity contribution >= 4 is 17.3 Å². The summed E-state index contributed by atoms with van der Waals surface area (Å²) < 4.78 is 5.36. The first kappa shape index (κ1) is 14.8. The molecule has 6 heteroatoms. The van der Waals surface area contributed by atoms with Crippen LogP contribution in [0, 0.1) is 0 Å². The molecule has 2 aliphatic rings. The molecule has 2 N–H and O–H groups in total. The average molecular weight is 308 g/mol. The summed E-state index contributed by atoms with van der Waals surface area (Å²) in [6.07, 6.45) is 2.59. The number of hydrogen-bond donors (Lipinski definition) is 1.